The van der Waals surface area contributed by atoms with Crippen LogP contribution in [0.3, 0.4) is 0 Å². The van der Waals surface area contributed by atoms with E-state index >= 15 is 0 Å². The molecule has 134 valence electrons. The van der Waals surface area contributed by atoms with Gasteiger partial charge in [-0.05, 0) is 36.4 Å². The molecular formula is C18H13N5O4. The summed E-state index contributed by atoms with van der Waals surface area (Å²) in [6, 6.07) is 11.7. The van der Waals surface area contributed by atoms with E-state index in [0.717, 1.165) is 5.56 Å². The van der Waals surface area contributed by atoms with Crippen molar-refractivity contribution in [1.82, 2.24) is 15.1 Å². The predicted octanol–water partition coefficient (Wildman–Crippen LogP) is 3.91. The van der Waals surface area contributed by atoms with Gasteiger partial charge in [0.1, 0.15) is 11.4 Å². The van der Waals surface area contributed by atoms with Crippen LogP contribution in [0.2, 0.25) is 0 Å². The fraction of sp³-hybridized carbons (Fsp3) is 0.0556. The SMILES string of the molecule is O=[N+]([O-])c1cc(-c2nc(-c3ccncc3)no2)ccc1NCc1ccco1. The summed E-state index contributed by atoms with van der Waals surface area (Å²) in [6.45, 7) is 0.333. The Bertz CT molecular complexity index is 1060. The molecule has 3 aromatic heterocycles. The maximum absolute atomic E-state index is 11.5. The molecule has 0 fully saturated rings. The van der Waals surface area contributed by atoms with E-state index in [1.54, 1.807) is 55.1 Å². The van der Waals surface area contributed by atoms with Crippen molar-refractivity contribution in [3.63, 3.8) is 0 Å². The van der Waals surface area contributed by atoms with Crippen molar-refractivity contribution in [3.8, 4) is 22.8 Å². The van der Waals surface area contributed by atoms with Crippen molar-refractivity contribution in [2.75, 3.05) is 5.32 Å². The Morgan fingerprint density at radius 1 is 1.11 bits per heavy atom. The molecule has 0 aliphatic rings. The first-order valence-corrected chi connectivity index (χ1v) is 8.00. The number of nitro benzene ring substituents is 1. The first-order chi connectivity index (χ1) is 13.2. The maximum Gasteiger partial charge on any atom is 0.293 e. The van der Waals surface area contributed by atoms with Gasteiger partial charge in [0, 0.05) is 29.6 Å². The first-order valence-electron chi connectivity index (χ1n) is 8.00. The third-order valence-corrected chi connectivity index (χ3v) is 3.84. The van der Waals surface area contributed by atoms with E-state index in [2.05, 4.69) is 20.4 Å². The van der Waals surface area contributed by atoms with Crippen LogP contribution < -0.4 is 5.32 Å². The van der Waals surface area contributed by atoms with Gasteiger partial charge in [-0.2, -0.15) is 4.98 Å². The Morgan fingerprint density at radius 3 is 2.70 bits per heavy atom. The van der Waals surface area contributed by atoms with Gasteiger partial charge in [0.25, 0.3) is 11.6 Å². The van der Waals surface area contributed by atoms with Crippen LogP contribution in [0.4, 0.5) is 11.4 Å². The minimum Gasteiger partial charge on any atom is -0.467 e. The summed E-state index contributed by atoms with van der Waals surface area (Å²) in [7, 11) is 0. The lowest BCUT2D eigenvalue weighted by atomic mass is 10.1. The highest BCUT2D eigenvalue weighted by Gasteiger charge is 2.18. The monoisotopic (exact) mass is 363 g/mol. The average molecular weight is 363 g/mol. The molecule has 0 saturated carbocycles. The molecule has 4 rings (SSSR count). The Labute approximate surface area is 152 Å². The molecule has 27 heavy (non-hydrogen) atoms. The lowest BCUT2D eigenvalue weighted by Crippen LogP contribution is -2.02. The highest BCUT2D eigenvalue weighted by molar-refractivity contribution is 5.70. The summed E-state index contributed by atoms with van der Waals surface area (Å²) in [6.07, 6.45) is 4.79. The molecule has 0 amide bonds. The molecule has 0 unspecified atom stereocenters. The van der Waals surface area contributed by atoms with Gasteiger partial charge in [-0.25, -0.2) is 0 Å². The van der Waals surface area contributed by atoms with Crippen LogP contribution in [0.25, 0.3) is 22.8 Å². The highest BCUT2D eigenvalue weighted by atomic mass is 16.6. The van der Waals surface area contributed by atoms with Gasteiger partial charge in [-0.1, -0.05) is 5.16 Å². The summed E-state index contributed by atoms with van der Waals surface area (Å²) < 4.78 is 10.5. The molecule has 1 N–H and O–H groups in total. The van der Waals surface area contributed by atoms with Crippen LogP contribution in [0.15, 0.2) is 70.1 Å². The Morgan fingerprint density at radius 2 is 1.96 bits per heavy atom. The molecule has 9 heteroatoms. The molecule has 1 aromatic carbocycles. The molecule has 0 aliphatic heterocycles. The lowest BCUT2D eigenvalue weighted by molar-refractivity contribution is -0.383. The van der Waals surface area contributed by atoms with Crippen LogP contribution in [0.5, 0.6) is 0 Å². The second kappa shape index (κ2) is 7.08. The number of hydrogen-bond donors (Lipinski definition) is 1. The molecule has 3 heterocycles. The van der Waals surface area contributed by atoms with Crippen molar-refractivity contribution in [1.29, 1.82) is 0 Å². The van der Waals surface area contributed by atoms with E-state index < -0.39 is 4.92 Å². The first kappa shape index (κ1) is 16.5. The number of nitro groups is 1. The second-order valence-corrected chi connectivity index (χ2v) is 5.58. The molecule has 0 spiro atoms. The number of furan rings is 1. The van der Waals surface area contributed by atoms with Crippen LogP contribution in [-0.4, -0.2) is 20.0 Å². The zero-order chi connectivity index (χ0) is 18.6. The summed E-state index contributed by atoms with van der Waals surface area (Å²) >= 11 is 0. The van der Waals surface area contributed by atoms with Gasteiger partial charge in [0.15, 0.2) is 0 Å². The summed E-state index contributed by atoms with van der Waals surface area (Å²) in [4.78, 5) is 19.2. The third-order valence-electron chi connectivity index (χ3n) is 3.84. The number of nitrogens with one attached hydrogen (secondary N) is 1. The van der Waals surface area contributed by atoms with Crippen molar-refractivity contribution in [2.24, 2.45) is 0 Å². The number of pyridine rings is 1. The molecule has 9 nitrogen and oxygen atoms in total. The van der Waals surface area contributed by atoms with Crippen molar-refractivity contribution >= 4 is 11.4 Å². The van der Waals surface area contributed by atoms with Gasteiger partial charge >= 0.3 is 0 Å². The molecule has 0 saturated heterocycles. The Kier molecular flexibility index (Phi) is 4.32. The molecule has 4 aromatic rings. The number of rotatable bonds is 6. The zero-order valence-electron chi connectivity index (χ0n) is 13.9. The Hall–Kier alpha value is -4.01. The van der Waals surface area contributed by atoms with Crippen molar-refractivity contribution in [3.05, 3.63) is 77.0 Å². The molecular weight excluding hydrogens is 350 g/mol. The molecule has 0 atom stereocenters. The smallest absolute Gasteiger partial charge is 0.293 e. The molecule has 0 bridgehead atoms. The highest BCUT2D eigenvalue weighted by Crippen LogP contribution is 2.31. The fourth-order valence-electron chi connectivity index (χ4n) is 2.52. The van der Waals surface area contributed by atoms with Crippen molar-refractivity contribution < 1.29 is 13.9 Å². The van der Waals surface area contributed by atoms with Gasteiger partial charge in [0.2, 0.25) is 5.82 Å². The van der Waals surface area contributed by atoms with Crippen molar-refractivity contribution in [2.45, 2.75) is 6.54 Å². The largest absolute Gasteiger partial charge is 0.467 e. The summed E-state index contributed by atoms with van der Waals surface area (Å²) in [5.74, 6) is 1.25. The minimum absolute atomic E-state index is 0.0947. The number of nitrogens with zero attached hydrogens (tertiary/aromatic N) is 4. The van der Waals surface area contributed by atoms with E-state index in [1.807, 2.05) is 0 Å². The fourth-order valence-corrected chi connectivity index (χ4v) is 2.52. The minimum atomic E-state index is -0.464. The average Bonchev–Trinajstić information content (AvgIpc) is 3.39. The third kappa shape index (κ3) is 3.52. The summed E-state index contributed by atoms with van der Waals surface area (Å²) in [5.41, 5.74) is 1.47. The quantitative estimate of drug-likeness (QED) is 0.404. The van der Waals surface area contributed by atoms with Crippen LogP contribution in [0.1, 0.15) is 5.76 Å². The number of benzene rings is 1. The van der Waals surface area contributed by atoms with Gasteiger partial charge < -0.3 is 14.3 Å². The molecule has 0 radical (unpaired) electrons. The second-order valence-electron chi connectivity index (χ2n) is 5.58. The number of hydrogen-bond acceptors (Lipinski definition) is 8. The standard InChI is InChI=1S/C18H13N5O4/c24-23(25)16-10-13(3-4-15(16)20-11-14-2-1-9-26-14)18-21-17(22-27-18)12-5-7-19-8-6-12/h1-10,20H,11H2. The number of anilines is 1. The Balaban J connectivity index is 1.61. The zero-order valence-corrected chi connectivity index (χ0v) is 13.9. The topological polar surface area (TPSA) is 120 Å². The molecule has 0 aliphatic carbocycles. The van der Waals surface area contributed by atoms with Crippen LogP contribution in [-0.2, 0) is 6.54 Å². The van der Waals surface area contributed by atoms with E-state index in [9.17, 15) is 10.1 Å². The lowest BCUT2D eigenvalue weighted by Gasteiger charge is -2.06. The van der Waals surface area contributed by atoms with E-state index in [-0.39, 0.29) is 11.6 Å². The predicted molar refractivity (Wildman–Crippen MR) is 95.7 cm³/mol. The van der Waals surface area contributed by atoms with Gasteiger partial charge in [0.05, 0.1) is 17.7 Å². The van der Waals surface area contributed by atoms with Gasteiger partial charge in [-0.3, -0.25) is 15.1 Å². The van der Waals surface area contributed by atoms with Gasteiger partial charge in [-0.15, -0.1) is 0 Å². The maximum atomic E-state index is 11.5. The van der Waals surface area contributed by atoms with E-state index in [1.165, 1.54) is 6.07 Å². The number of aromatic nitrogens is 3. The van der Waals surface area contributed by atoms with Crippen LogP contribution >= 0.6 is 0 Å². The van der Waals surface area contributed by atoms with E-state index in [0.29, 0.717) is 29.4 Å². The summed E-state index contributed by atoms with van der Waals surface area (Å²) in [5, 5.41) is 18.4. The van der Waals surface area contributed by atoms with Crippen LogP contribution in [0, 0.1) is 10.1 Å². The normalized spacial score (nSPS) is 10.7. The van der Waals surface area contributed by atoms with E-state index in [4.69, 9.17) is 8.94 Å².